The fraction of sp³-hybridized carbons (Fsp3) is 0.458. The van der Waals surface area contributed by atoms with Crippen LogP contribution in [-0.2, 0) is 14.3 Å². The summed E-state index contributed by atoms with van der Waals surface area (Å²) in [5.41, 5.74) is 1.69. The van der Waals surface area contributed by atoms with E-state index in [1.165, 1.54) is 36.7 Å². The van der Waals surface area contributed by atoms with E-state index in [0.29, 0.717) is 55.6 Å². The monoisotopic (exact) mass is 522 g/mol. The zero-order valence-corrected chi connectivity index (χ0v) is 20.3. The molecule has 4 rings (SSSR count). The average molecular weight is 523 g/mol. The van der Waals surface area contributed by atoms with Crippen LogP contribution in [-0.4, -0.2) is 95.8 Å². The van der Waals surface area contributed by atoms with Gasteiger partial charge >= 0.3 is 6.36 Å². The average Bonchev–Trinajstić information content (AvgIpc) is 3.39. The lowest BCUT2D eigenvalue weighted by Gasteiger charge is -2.35. The van der Waals surface area contributed by atoms with E-state index in [1.807, 2.05) is 0 Å². The number of carbonyl (C=O) groups excluding carboxylic acids is 1. The molecule has 0 aliphatic carbocycles. The van der Waals surface area contributed by atoms with Crippen LogP contribution in [0.5, 0.6) is 5.75 Å². The Balaban J connectivity index is 1.44. The Bertz CT molecular complexity index is 1100. The maximum atomic E-state index is 12.9. The first-order valence-corrected chi connectivity index (χ1v) is 11.8. The lowest BCUT2D eigenvalue weighted by molar-refractivity contribution is -0.274. The minimum Gasteiger partial charge on any atom is -0.406 e. The van der Waals surface area contributed by atoms with Crippen molar-refractivity contribution in [2.75, 3.05) is 57.8 Å². The molecule has 200 valence electrons. The number of rotatable bonds is 7. The number of alkyl halides is 3. The van der Waals surface area contributed by atoms with Gasteiger partial charge in [-0.25, -0.2) is 4.98 Å². The summed E-state index contributed by atoms with van der Waals surface area (Å²) in [5.74, 6) is -0.0909. The third-order valence-corrected chi connectivity index (χ3v) is 5.79. The number of amides is 1. The van der Waals surface area contributed by atoms with Gasteiger partial charge in [-0.1, -0.05) is 0 Å². The molecule has 1 aromatic carbocycles. The Morgan fingerprint density at radius 2 is 1.84 bits per heavy atom. The number of benzene rings is 1. The minimum absolute atomic E-state index is 0.0120. The maximum absolute atomic E-state index is 12.9. The molecule has 3 heterocycles. The van der Waals surface area contributed by atoms with E-state index in [9.17, 15) is 18.0 Å². The zero-order valence-electron chi connectivity index (χ0n) is 20.3. The van der Waals surface area contributed by atoms with Crippen LogP contribution < -0.4 is 10.1 Å². The normalized spacial score (nSPS) is 16.9. The summed E-state index contributed by atoms with van der Waals surface area (Å²) in [7, 11) is 0. The third-order valence-electron chi connectivity index (χ3n) is 5.79. The predicted molar refractivity (Wildman–Crippen MR) is 128 cm³/mol. The molecule has 2 saturated heterocycles. The second-order valence-electron chi connectivity index (χ2n) is 8.52. The second kappa shape index (κ2) is 12.2. The highest BCUT2D eigenvalue weighted by Gasteiger charge is 2.31. The number of halogens is 3. The molecule has 0 bridgehead atoms. The third kappa shape index (κ3) is 8.03. The van der Waals surface area contributed by atoms with E-state index < -0.39 is 6.36 Å². The van der Waals surface area contributed by atoms with Crippen LogP contribution in [0, 0.1) is 6.92 Å². The van der Waals surface area contributed by atoms with Gasteiger partial charge in [-0.2, -0.15) is 0 Å². The summed E-state index contributed by atoms with van der Waals surface area (Å²) in [6, 6.07) is 5.39. The first-order chi connectivity index (χ1) is 17.8. The number of hydrogen-bond acceptors (Lipinski definition) is 8. The molecule has 0 atom stereocenters. The summed E-state index contributed by atoms with van der Waals surface area (Å²) < 4.78 is 52.6. The lowest BCUT2D eigenvalue weighted by atomic mass is 10.1. The van der Waals surface area contributed by atoms with Gasteiger partial charge in [0.1, 0.15) is 5.75 Å². The molecule has 13 heteroatoms. The van der Waals surface area contributed by atoms with Gasteiger partial charge in [0.15, 0.2) is 12.1 Å². The molecule has 1 amide bonds. The van der Waals surface area contributed by atoms with Crippen molar-refractivity contribution in [3.05, 3.63) is 48.5 Å². The summed E-state index contributed by atoms with van der Waals surface area (Å²) in [6.07, 6.45) is -0.443. The van der Waals surface area contributed by atoms with Crippen LogP contribution >= 0.6 is 0 Å². The van der Waals surface area contributed by atoms with Crippen molar-refractivity contribution in [3.63, 3.8) is 0 Å². The van der Waals surface area contributed by atoms with Gasteiger partial charge in [0.25, 0.3) is 0 Å². The van der Waals surface area contributed by atoms with Gasteiger partial charge in [0.2, 0.25) is 5.91 Å². The molecule has 0 saturated carbocycles. The van der Waals surface area contributed by atoms with E-state index in [-0.39, 0.29) is 24.5 Å². The second-order valence-corrected chi connectivity index (χ2v) is 8.52. The fourth-order valence-electron chi connectivity index (χ4n) is 4.00. The number of H-pyrrole nitrogens is 1. The molecule has 2 aliphatic rings. The molecule has 37 heavy (non-hydrogen) atoms. The van der Waals surface area contributed by atoms with Gasteiger partial charge in [-0.15, -0.1) is 13.2 Å². The van der Waals surface area contributed by atoms with Crippen LogP contribution in [0.25, 0.3) is 11.3 Å². The molecule has 10 nitrogen and oxygen atoms in total. The number of nitrogens with one attached hydrogen (secondary N) is 2. The SMILES string of the molecule is Cc1cnccnc(NCC(=O)N2CCN(CC3OCCO3)CC2)c(-c2ccc(OC(F)(F)F)cc2)[nH]1. The van der Waals surface area contributed by atoms with Crippen molar-refractivity contribution >= 4 is 11.7 Å². The van der Waals surface area contributed by atoms with Crippen LogP contribution in [0.4, 0.5) is 19.0 Å². The first kappa shape index (κ1) is 26.6. The van der Waals surface area contributed by atoms with E-state index >= 15 is 0 Å². The Morgan fingerprint density at radius 1 is 1.14 bits per heavy atom. The highest BCUT2D eigenvalue weighted by molar-refractivity contribution is 5.82. The van der Waals surface area contributed by atoms with Crippen LogP contribution in [0.3, 0.4) is 0 Å². The first-order valence-electron chi connectivity index (χ1n) is 11.8. The number of aromatic nitrogens is 3. The van der Waals surface area contributed by atoms with Crippen LogP contribution in [0.15, 0.2) is 42.9 Å². The summed E-state index contributed by atoms with van der Waals surface area (Å²) >= 11 is 0. The molecule has 0 spiro atoms. The van der Waals surface area contributed by atoms with E-state index in [4.69, 9.17) is 9.47 Å². The quantitative estimate of drug-likeness (QED) is 0.572. The summed E-state index contributed by atoms with van der Waals surface area (Å²) in [6.45, 7) is 6.26. The summed E-state index contributed by atoms with van der Waals surface area (Å²) in [5, 5.41) is 3.08. The standard InChI is InChI=1S/C24H29F3N6O4/c1-17-14-28-6-7-29-23(22(31-17)18-2-4-19(5-3-18)37-24(25,26)27)30-15-20(34)33-10-8-32(9-11-33)16-21-35-12-13-36-21/h2-7,14,21,30-31H,8-13,15-16H2,1H3. The Labute approximate surface area is 212 Å². The van der Waals surface area contributed by atoms with Crippen molar-refractivity contribution in [1.82, 2.24) is 24.8 Å². The van der Waals surface area contributed by atoms with Gasteiger partial charge in [0, 0.05) is 62.6 Å². The maximum Gasteiger partial charge on any atom is 0.573 e. The van der Waals surface area contributed by atoms with Crippen LogP contribution in [0.2, 0.25) is 0 Å². The van der Waals surface area contributed by atoms with Crippen molar-refractivity contribution in [3.8, 4) is 17.0 Å². The van der Waals surface area contributed by atoms with E-state index in [1.54, 1.807) is 18.0 Å². The largest absolute Gasteiger partial charge is 0.573 e. The Hall–Kier alpha value is -3.42. The van der Waals surface area contributed by atoms with Crippen LogP contribution in [0.1, 0.15) is 5.69 Å². The molecule has 1 aromatic heterocycles. The predicted octanol–water partition coefficient (Wildman–Crippen LogP) is 2.73. The van der Waals surface area contributed by atoms with Gasteiger partial charge in [-0.05, 0) is 31.2 Å². The molecular formula is C24H29F3N6O4. The Morgan fingerprint density at radius 3 is 2.51 bits per heavy atom. The van der Waals surface area contributed by atoms with Gasteiger partial charge in [0.05, 0.1) is 25.5 Å². The molecule has 2 fully saturated rings. The number of anilines is 1. The number of nitrogens with zero attached hydrogens (tertiary/aromatic N) is 4. The molecule has 2 aliphatic heterocycles. The van der Waals surface area contributed by atoms with Crippen molar-refractivity contribution in [2.24, 2.45) is 0 Å². The molecule has 2 aromatic rings. The minimum atomic E-state index is -4.78. The number of carbonyl (C=O) groups is 1. The highest BCUT2D eigenvalue weighted by Crippen LogP contribution is 2.28. The molecule has 0 radical (unpaired) electrons. The van der Waals surface area contributed by atoms with E-state index in [2.05, 4.69) is 29.9 Å². The zero-order chi connectivity index (χ0) is 26.3. The fourth-order valence-corrected chi connectivity index (χ4v) is 4.00. The number of piperazine rings is 1. The van der Waals surface area contributed by atoms with Crippen molar-refractivity contribution < 1.29 is 32.2 Å². The van der Waals surface area contributed by atoms with E-state index in [0.717, 1.165) is 13.1 Å². The molecule has 0 unspecified atom stereocenters. The van der Waals surface area contributed by atoms with Gasteiger partial charge < -0.3 is 29.4 Å². The van der Waals surface area contributed by atoms with Gasteiger partial charge in [-0.3, -0.25) is 14.7 Å². The lowest BCUT2D eigenvalue weighted by Crippen LogP contribution is -2.51. The smallest absolute Gasteiger partial charge is 0.406 e. The molecule has 2 N–H and O–H groups in total. The van der Waals surface area contributed by atoms with Crippen molar-refractivity contribution in [1.29, 1.82) is 0 Å². The number of aromatic amines is 1. The van der Waals surface area contributed by atoms with Crippen molar-refractivity contribution in [2.45, 2.75) is 19.6 Å². The molecular weight excluding hydrogens is 493 g/mol. The topological polar surface area (TPSA) is 105 Å². The summed E-state index contributed by atoms with van der Waals surface area (Å²) in [4.78, 5) is 28.6. The Kier molecular flexibility index (Phi) is 8.79. The number of aryl methyl sites for hydroxylation is 1. The number of hydrogen-bond donors (Lipinski definition) is 2. The highest BCUT2D eigenvalue weighted by atomic mass is 19.4. The number of ether oxygens (including phenoxy) is 3.